The van der Waals surface area contributed by atoms with Gasteiger partial charge in [0.15, 0.2) is 5.17 Å². The minimum atomic E-state index is 0.481. The lowest BCUT2D eigenvalue weighted by Crippen LogP contribution is -2.12. The predicted molar refractivity (Wildman–Crippen MR) is 47.4 cm³/mol. The van der Waals surface area contributed by atoms with Crippen molar-refractivity contribution in [3.63, 3.8) is 0 Å². The van der Waals surface area contributed by atoms with Crippen LogP contribution in [0.3, 0.4) is 0 Å². The number of hydrogen-bond acceptors (Lipinski definition) is 3. The lowest BCUT2D eigenvalue weighted by atomic mass is 10.1. The van der Waals surface area contributed by atoms with E-state index in [-0.39, 0.29) is 0 Å². The van der Waals surface area contributed by atoms with Crippen LogP contribution in [0.2, 0.25) is 0 Å². The van der Waals surface area contributed by atoms with E-state index in [4.69, 9.17) is 5.73 Å². The van der Waals surface area contributed by atoms with Gasteiger partial charge in [0.05, 0.1) is 6.04 Å². The molecule has 0 bridgehead atoms. The lowest BCUT2D eigenvalue weighted by Gasteiger charge is -2.08. The van der Waals surface area contributed by atoms with Gasteiger partial charge in [-0.3, -0.25) is 4.99 Å². The summed E-state index contributed by atoms with van der Waals surface area (Å²) in [5, 5.41) is 1.37. The molecule has 2 N–H and O–H groups in total. The van der Waals surface area contributed by atoms with Crippen LogP contribution in [0.15, 0.2) is 4.99 Å². The van der Waals surface area contributed by atoms with Gasteiger partial charge in [-0.25, -0.2) is 0 Å². The number of nitrogens with two attached hydrogens (primary N) is 1. The van der Waals surface area contributed by atoms with Crippen molar-refractivity contribution < 1.29 is 0 Å². The molecule has 3 heteroatoms. The van der Waals surface area contributed by atoms with Gasteiger partial charge < -0.3 is 5.73 Å². The molecule has 0 aromatic heterocycles. The molecule has 0 spiro atoms. The first kappa shape index (κ1) is 7.92. The molecular weight excluding hydrogens is 144 g/mol. The Balaban J connectivity index is 2.44. The summed E-state index contributed by atoms with van der Waals surface area (Å²) in [4.78, 5) is 4.32. The number of rotatable bonds is 2. The second-order valence-corrected chi connectivity index (χ2v) is 4.04. The fraction of sp³-hybridized carbons (Fsp3) is 0.857. The van der Waals surface area contributed by atoms with E-state index in [0.717, 1.165) is 5.17 Å². The van der Waals surface area contributed by atoms with Crippen molar-refractivity contribution in [2.24, 2.45) is 10.7 Å². The third-order valence-corrected chi connectivity index (χ3v) is 2.76. The monoisotopic (exact) mass is 158 g/mol. The quantitative estimate of drug-likeness (QED) is 0.663. The standard InChI is InChI=1S/C7H14N2S/c1-3-4-6-5(2)10-7(8)9-6/h5-6H,3-4H2,1-2H3,(H2,8,9)/t5-,6-/m0/s1. The van der Waals surface area contributed by atoms with Crippen molar-refractivity contribution in [3.8, 4) is 0 Å². The zero-order valence-corrected chi connectivity index (χ0v) is 7.32. The Kier molecular flexibility index (Phi) is 2.60. The molecule has 0 saturated carbocycles. The molecule has 58 valence electrons. The Morgan fingerprint density at radius 3 is 2.80 bits per heavy atom. The van der Waals surface area contributed by atoms with Crippen molar-refractivity contribution in [1.29, 1.82) is 0 Å². The average molecular weight is 158 g/mol. The summed E-state index contributed by atoms with van der Waals surface area (Å²) in [5.41, 5.74) is 5.56. The van der Waals surface area contributed by atoms with E-state index in [1.807, 2.05) is 0 Å². The number of hydrogen-bond donors (Lipinski definition) is 1. The Hall–Kier alpha value is -0.180. The molecule has 0 radical (unpaired) electrons. The fourth-order valence-electron chi connectivity index (χ4n) is 1.16. The van der Waals surface area contributed by atoms with Crippen LogP contribution in [0.25, 0.3) is 0 Å². The highest BCUT2D eigenvalue weighted by Gasteiger charge is 2.23. The summed E-state index contributed by atoms with van der Waals surface area (Å²) in [5.74, 6) is 0. The van der Waals surface area contributed by atoms with Crippen LogP contribution in [-0.2, 0) is 0 Å². The smallest absolute Gasteiger partial charge is 0.154 e. The van der Waals surface area contributed by atoms with Crippen LogP contribution in [0, 0.1) is 0 Å². The molecule has 0 aliphatic carbocycles. The molecule has 2 nitrogen and oxygen atoms in total. The van der Waals surface area contributed by atoms with Crippen LogP contribution in [-0.4, -0.2) is 16.5 Å². The van der Waals surface area contributed by atoms with Crippen molar-refractivity contribution in [2.45, 2.75) is 38.0 Å². The fourth-order valence-corrected chi connectivity index (χ4v) is 2.09. The van der Waals surface area contributed by atoms with Crippen LogP contribution in [0.4, 0.5) is 0 Å². The van der Waals surface area contributed by atoms with Gasteiger partial charge in [0.2, 0.25) is 0 Å². The minimum absolute atomic E-state index is 0.481. The molecule has 0 fully saturated rings. The maximum absolute atomic E-state index is 5.56. The Labute approximate surface area is 66.3 Å². The van der Waals surface area contributed by atoms with Gasteiger partial charge in [0, 0.05) is 5.25 Å². The van der Waals surface area contributed by atoms with E-state index in [2.05, 4.69) is 18.8 Å². The van der Waals surface area contributed by atoms with E-state index in [9.17, 15) is 0 Å². The molecule has 0 unspecified atom stereocenters. The second-order valence-electron chi connectivity index (χ2n) is 2.65. The van der Waals surface area contributed by atoms with Gasteiger partial charge in [-0.05, 0) is 6.42 Å². The van der Waals surface area contributed by atoms with Crippen molar-refractivity contribution in [3.05, 3.63) is 0 Å². The zero-order valence-electron chi connectivity index (χ0n) is 6.50. The highest BCUT2D eigenvalue weighted by molar-refractivity contribution is 8.14. The van der Waals surface area contributed by atoms with E-state index in [0.29, 0.717) is 11.3 Å². The van der Waals surface area contributed by atoms with E-state index >= 15 is 0 Å². The summed E-state index contributed by atoms with van der Waals surface area (Å²) in [6, 6.07) is 0.481. The van der Waals surface area contributed by atoms with Crippen LogP contribution < -0.4 is 5.73 Å². The highest BCUT2D eigenvalue weighted by atomic mass is 32.2. The molecule has 0 amide bonds. The summed E-state index contributed by atoms with van der Waals surface area (Å²) in [6.07, 6.45) is 2.38. The first-order valence-electron chi connectivity index (χ1n) is 3.74. The normalized spacial score (nSPS) is 32.4. The summed E-state index contributed by atoms with van der Waals surface area (Å²) in [7, 11) is 0. The lowest BCUT2D eigenvalue weighted by molar-refractivity contribution is 0.609. The minimum Gasteiger partial charge on any atom is -0.379 e. The third kappa shape index (κ3) is 1.66. The summed E-state index contributed by atoms with van der Waals surface area (Å²) < 4.78 is 0. The molecule has 0 saturated heterocycles. The number of amidine groups is 1. The second kappa shape index (κ2) is 3.28. The number of thioether (sulfide) groups is 1. The van der Waals surface area contributed by atoms with Crippen LogP contribution in [0.1, 0.15) is 26.7 Å². The molecule has 1 heterocycles. The molecule has 1 aliphatic rings. The topological polar surface area (TPSA) is 38.4 Å². The molecule has 10 heavy (non-hydrogen) atoms. The van der Waals surface area contributed by atoms with Gasteiger partial charge in [-0.1, -0.05) is 32.0 Å². The van der Waals surface area contributed by atoms with Crippen LogP contribution >= 0.6 is 11.8 Å². The van der Waals surface area contributed by atoms with Crippen molar-refractivity contribution in [1.82, 2.24) is 0 Å². The maximum atomic E-state index is 5.56. The van der Waals surface area contributed by atoms with Crippen molar-refractivity contribution in [2.75, 3.05) is 0 Å². The van der Waals surface area contributed by atoms with E-state index in [1.165, 1.54) is 12.8 Å². The van der Waals surface area contributed by atoms with Gasteiger partial charge in [-0.2, -0.15) is 0 Å². The average Bonchev–Trinajstić information content (AvgIpc) is 2.13. The molecular formula is C7H14N2S. The van der Waals surface area contributed by atoms with Crippen LogP contribution in [0.5, 0.6) is 0 Å². The predicted octanol–water partition coefficient (Wildman–Crippen LogP) is 1.61. The first-order valence-corrected chi connectivity index (χ1v) is 4.62. The Bertz CT molecular complexity index is 145. The number of nitrogens with zero attached hydrogens (tertiary/aromatic N) is 1. The molecule has 2 atom stereocenters. The van der Waals surface area contributed by atoms with Gasteiger partial charge in [0.1, 0.15) is 0 Å². The molecule has 0 aromatic rings. The molecule has 1 aliphatic heterocycles. The van der Waals surface area contributed by atoms with Gasteiger partial charge >= 0.3 is 0 Å². The van der Waals surface area contributed by atoms with E-state index in [1.54, 1.807) is 11.8 Å². The Morgan fingerprint density at radius 2 is 2.40 bits per heavy atom. The largest absolute Gasteiger partial charge is 0.379 e. The molecule has 0 aromatic carbocycles. The maximum Gasteiger partial charge on any atom is 0.154 e. The number of aliphatic imine (C=N–C) groups is 1. The zero-order chi connectivity index (χ0) is 7.56. The third-order valence-electron chi connectivity index (χ3n) is 1.73. The van der Waals surface area contributed by atoms with E-state index < -0.39 is 0 Å². The summed E-state index contributed by atoms with van der Waals surface area (Å²) in [6.45, 7) is 4.37. The SMILES string of the molecule is CCC[C@@H]1N=C(N)S[C@H]1C. The Morgan fingerprint density at radius 1 is 1.70 bits per heavy atom. The first-order chi connectivity index (χ1) is 4.74. The molecule has 1 rings (SSSR count). The summed E-state index contributed by atoms with van der Waals surface area (Å²) >= 11 is 1.70. The van der Waals surface area contributed by atoms with Gasteiger partial charge in [0.25, 0.3) is 0 Å². The van der Waals surface area contributed by atoms with Gasteiger partial charge in [-0.15, -0.1) is 0 Å². The van der Waals surface area contributed by atoms with Crippen molar-refractivity contribution >= 4 is 16.9 Å². The highest BCUT2D eigenvalue weighted by Crippen LogP contribution is 2.26.